The number of amides is 2. The van der Waals surface area contributed by atoms with Gasteiger partial charge in [-0.3, -0.25) is 18.7 Å². The number of aromatic nitrogens is 2. The Hall–Kier alpha value is -4.93. The van der Waals surface area contributed by atoms with Gasteiger partial charge in [-0.05, 0) is 55.3 Å². The molecule has 1 aliphatic heterocycles. The van der Waals surface area contributed by atoms with Gasteiger partial charge in [-0.25, -0.2) is 4.79 Å². The van der Waals surface area contributed by atoms with Crippen LogP contribution in [0.25, 0.3) is 0 Å². The van der Waals surface area contributed by atoms with E-state index >= 15 is 0 Å². The average molecular weight is 559 g/mol. The smallest absolute Gasteiger partial charge is 0.330 e. The van der Waals surface area contributed by atoms with Crippen LogP contribution in [0.15, 0.2) is 76.3 Å². The lowest BCUT2D eigenvalue weighted by atomic mass is 10.1. The second-order valence-corrected chi connectivity index (χ2v) is 10.1. The van der Waals surface area contributed by atoms with E-state index in [-0.39, 0.29) is 29.8 Å². The molecule has 0 radical (unpaired) electrons. The third-order valence-corrected chi connectivity index (χ3v) is 7.29. The van der Waals surface area contributed by atoms with Crippen LogP contribution >= 0.6 is 0 Å². The number of nitrogens with one attached hydrogen (secondary N) is 2. The number of piperazine rings is 1. The Morgan fingerprint density at radius 1 is 0.951 bits per heavy atom. The van der Waals surface area contributed by atoms with Crippen molar-refractivity contribution in [2.75, 3.05) is 47.8 Å². The van der Waals surface area contributed by atoms with Crippen LogP contribution in [0.4, 0.5) is 17.1 Å². The van der Waals surface area contributed by atoms with Crippen LogP contribution in [-0.4, -0.2) is 58.8 Å². The monoisotopic (exact) mass is 558 g/mol. The molecular formula is C30H34N6O5. The van der Waals surface area contributed by atoms with Gasteiger partial charge in [0.1, 0.15) is 0 Å². The van der Waals surface area contributed by atoms with Crippen molar-refractivity contribution in [2.45, 2.75) is 19.9 Å². The minimum atomic E-state index is -0.402. The summed E-state index contributed by atoms with van der Waals surface area (Å²) in [6.45, 7) is 5.81. The van der Waals surface area contributed by atoms with Gasteiger partial charge in [0.2, 0.25) is 5.88 Å². The minimum Gasteiger partial charge on any atom is -0.493 e. The van der Waals surface area contributed by atoms with E-state index in [1.807, 2.05) is 18.2 Å². The number of benzene rings is 2. The first-order valence-electron chi connectivity index (χ1n) is 13.6. The van der Waals surface area contributed by atoms with E-state index < -0.39 is 5.91 Å². The summed E-state index contributed by atoms with van der Waals surface area (Å²) in [5.41, 5.74) is 3.87. The van der Waals surface area contributed by atoms with Gasteiger partial charge in [-0.15, -0.1) is 0 Å². The number of rotatable bonds is 9. The summed E-state index contributed by atoms with van der Waals surface area (Å²) in [7, 11) is 1.57. The Balaban J connectivity index is 1.28. The molecule has 11 nitrogen and oxygen atoms in total. The summed E-state index contributed by atoms with van der Waals surface area (Å²) < 4.78 is 7.82. The number of anilines is 3. The second-order valence-electron chi connectivity index (χ2n) is 10.1. The summed E-state index contributed by atoms with van der Waals surface area (Å²) in [5.74, 6) is -0.648. The van der Waals surface area contributed by atoms with E-state index in [4.69, 9.17) is 4.42 Å². The van der Waals surface area contributed by atoms with Gasteiger partial charge in [0, 0.05) is 57.6 Å². The first kappa shape index (κ1) is 27.6. The van der Waals surface area contributed by atoms with Gasteiger partial charge in [0.15, 0.2) is 5.76 Å². The molecule has 1 fully saturated rings. The molecule has 214 valence electrons. The largest absolute Gasteiger partial charge is 0.493 e. The molecular weight excluding hydrogens is 524 g/mol. The van der Waals surface area contributed by atoms with Gasteiger partial charge in [0.25, 0.3) is 11.8 Å². The van der Waals surface area contributed by atoms with E-state index in [2.05, 4.69) is 39.5 Å². The van der Waals surface area contributed by atoms with Crippen molar-refractivity contribution in [3.8, 4) is 5.88 Å². The maximum Gasteiger partial charge on any atom is 0.330 e. The lowest BCUT2D eigenvalue weighted by Crippen LogP contribution is -2.47. The van der Waals surface area contributed by atoms with Crippen LogP contribution in [0, 0.1) is 6.92 Å². The Morgan fingerprint density at radius 3 is 2.34 bits per heavy atom. The van der Waals surface area contributed by atoms with Crippen molar-refractivity contribution >= 4 is 28.9 Å². The SMILES string of the molecule is Cc1ccccc1N1CCN(c2ccc(C(=O)NCCCn3c(O)cn(C)c3=O)cc2NC(=O)c2ccco2)CC1. The zero-order valence-corrected chi connectivity index (χ0v) is 23.2. The van der Waals surface area contributed by atoms with Crippen molar-refractivity contribution in [1.29, 1.82) is 0 Å². The molecule has 11 heteroatoms. The molecule has 2 aromatic carbocycles. The van der Waals surface area contributed by atoms with Crippen LogP contribution in [0.2, 0.25) is 0 Å². The first-order chi connectivity index (χ1) is 19.8. The molecule has 3 N–H and O–H groups in total. The van der Waals surface area contributed by atoms with Crippen LogP contribution in [0.3, 0.4) is 0 Å². The lowest BCUT2D eigenvalue weighted by molar-refractivity contribution is 0.0950. The van der Waals surface area contributed by atoms with E-state index in [9.17, 15) is 19.5 Å². The Labute approximate surface area is 237 Å². The van der Waals surface area contributed by atoms with Gasteiger partial charge in [0.05, 0.1) is 23.8 Å². The number of carbonyl (C=O) groups excluding carboxylic acids is 2. The Bertz CT molecular complexity index is 1580. The highest BCUT2D eigenvalue weighted by Crippen LogP contribution is 2.30. The number of imidazole rings is 1. The Morgan fingerprint density at radius 2 is 1.68 bits per heavy atom. The summed E-state index contributed by atoms with van der Waals surface area (Å²) in [6, 6.07) is 16.8. The predicted octanol–water partition coefficient (Wildman–Crippen LogP) is 3.19. The third-order valence-electron chi connectivity index (χ3n) is 7.29. The zero-order valence-electron chi connectivity index (χ0n) is 23.2. The molecule has 41 heavy (non-hydrogen) atoms. The summed E-state index contributed by atoms with van der Waals surface area (Å²) in [5, 5.41) is 15.7. The standard InChI is InChI=1S/C30H34N6O5/c1-21-7-3-4-8-24(21)34-14-16-35(17-15-34)25-11-10-22(19-23(25)32-29(39)26-9-5-18-41-26)28(38)31-12-6-13-36-27(37)20-33(2)30(36)40/h3-5,7-11,18-20,37H,6,12-17H2,1-2H3,(H,31,38)(H,32,39). The average Bonchev–Trinajstić information content (AvgIpc) is 3.60. The number of carbonyl (C=O) groups is 2. The maximum absolute atomic E-state index is 13.0. The number of furan rings is 1. The molecule has 1 saturated heterocycles. The first-order valence-corrected chi connectivity index (χ1v) is 13.6. The van der Waals surface area contributed by atoms with Crippen LogP contribution in [0.1, 0.15) is 32.9 Å². The summed E-state index contributed by atoms with van der Waals surface area (Å²) >= 11 is 0. The topological polar surface area (TPSA) is 125 Å². The zero-order chi connectivity index (χ0) is 28.9. The maximum atomic E-state index is 13.0. The number of aryl methyl sites for hydroxylation is 2. The molecule has 5 rings (SSSR count). The lowest BCUT2D eigenvalue weighted by Gasteiger charge is -2.38. The van der Waals surface area contributed by atoms with Gasteiger partial charge < -0.3 is 30.0 Å². The second kappa shape index (κ2) is 12.1. The fourth-order valence-electron chi connectivity index (χ4n) is 5.09. The molecule has 2 amide bonds. The van der Waals surface area contributed by atoms with Crippen LogP contribution < -0.4 is 26.1 Å². The molecule has 1 aliphatic rings. The molecule has 4 aromatic rings. The number of hydrogen-bond acceptors (Lipinski definition) is 7. The normalized spacial score (nSPS) is 13.3. The fraction of sp³-hybridized carbons (Fsp3) is 0.300. The van der Waals surface area contributed by atoms with Crippen molar-refractivity contribution in [2.24, 2.45) is 7.05 Å². The van der Waals surface area contributed by atoms with Crippen molar-refractivity contribution in [3.05, 3.63) is 94.4 Å². The van der Waals surface area contributed by atoms with Crippen LogP contribution in [0.5, 0.6) is 5.88 Å². The molecule has 0 atom stereocenters. The fourth-order valence-corrected chi connectivity index (χ4v) is 5.09. The number of aromatic hydroxyl groups is 1. The summed E-state index contributed by atoms with van der Waals surface area (Å²) in [6.07, 6.45) is 3.24. The van der Waals surface area contributed by atoms with Crippen molar-refractivity contribution in [3.63, 3.8) is 0 Å². The third kappa shape index (κ3) is 6.13. The highest BCUT2D eigenvalue weighted by molar-refractivity contribution is 6.05. The predicted molar refractivity (Wildman–Crippen MR) is 157 cm³/mol. The molecule has 3 heterocycles. The quantitative estimate of drug-likeness (QED) is 0.270. The van der Waals surface area contributed by atoms with E-state index in [0.717, 1.165) is 31.9 Å². The van der Waals surface area contributed by atoms with Gasteiger partial charge in [-0.2, -0.15) is 0 Å². The van der Waals surface area contributed by atoms with Crippen molar-refractivity contribution in [1.82, 2.24) is 14.5 Å². The molecule has 2 aromatic heterocycles. The Kier molecular flexibility index (Phi) is 8.14. The van der Waals surface area contributed by atoms with E-state index in [1.54, 1.807) is 31.3 Å². The number of nitrogens with zero attached hydrogens (tertiary/aromatic N) is 4. The highest BCUT2D eigenvalue weighted by Gasteiger charge is 2.23. The molecule has 0 aliphatic carbocycles. The van der Waals surface area contributed by atoms with Crippen molar-refractivity contribution < 1.29 is 19.1 Å². The van der Waals surface area contributed by atoms with Gasteiger partial charge >= 0.3 is 5.69 Å². The minimum absolute atomic E-state index is 0.115. The molecule has 0 unspecified atom stereocenters. The number of para-hydroxylation sites is 1. The summed E-state index contributed by atoms with van der Waals surface area (Å²) in [4.78, 5) is 42.5. The highest BCUT2D eigenvalue weighted by atomic mass is 16.3. The molecule has 0 saturated carbocycles. The van der Waals surface area contributed by atoms with E-state index in [1.165, 1.54) is 32.8 Å². The molecule has 0 bridgehead atoms. The molecule has 0 spiro atoms. The number of hydrogen-bond donors (Lipinski definition) is 3. The van der Waals surface area contributed by atoms with Gasteiger partial charge in [-0.1, -0.05) is 18.2 Å². The van der Waals surface area contributed by atoms with Crippen LogP contribution in [-0.2, 0) is 13.6 Å². The van der Waals surface area contributed by atoms with E-state index in [0.29, 0.717) is 24.2 Å².